The smallest absolute Gasteiger partial charge is 0.191 e. The molecule has 3 unspecified atom stereocenters. The van der Waals surface area contributed by atoms with Crippen LogP contribution in [0.2, 0.25) is 0 Å². The van der Waals surface area contributed by atoms with Gasteiger partial charge in [-0.1, -0.05) is 6.07 Å². The van der Waals surface area contributed by atoms with Crippen molar-refractivity contribution in [1.82, 2.24) is 10.6 Å². The van der Waals surface area contributed by atoms with Gasteiger partial charge < -0.3 is 20.1 Å². The average molecular weight is 481 g/mol. The lowest BCUT2D eigenvalue weighted by Crippen LogP contribution is -2.39. The monoisotopic (exact) mass is 481 g/mol. The number of hydrogen-bond donors (Lipinski definition) is 2. The van der Waals surface area contributed by atoms with Crippen molar-refractivity contribution in [3.8, 4) is 0 Å². The molecular weight excluding hydrogens is 455 g/mol. The van der Waals surface area contributed by atoms with Gasteiger partial charge in [0.1, 0.15) is 11.6 Å². The molecule has 1 aliphatic carbocycles. The molecule has 1 saturated heterocycles. The van der Waals surface area contributed by atoms with Crippen LogP contribution in [-0.2, 0) is 9.47 Å². The zero-order chi connectivity index (χ0) is 17.6. The van der Waals surface area contributed by atoms with Gasteiger partial charge in [-0.2, -0.15) is 0 Å². The second-order valence-corrected chi connectivity index (χ2v) is 6.44. The molecule has 3 rings (SSSR count). The van der Waals surface area contributed by atoms with Crippen molar-refractivity contribution in [2.24, 2.45) is 4.99 Å². The lowest BCUT2D eigenvalue weighted by molar-refractivity contribution is 0.0420. The van der Waals surface area contributed by atoms with Crippen LogP contribution in [0.4, 0.5) is 8.78 Å². The van der Waals surface area contributed by atoms with E-state index in [-0.39, 0.29) is 47.6 Å². The van der Waals surface area contributed by atoms with Crippen LogP contribution >= 0.6 is 24.0 Å². The first-order valence-corrected chi connectivity index (χ1v) is 8.79. The maximum Gasteiger partial charge on any atom is 0.191 e. The van der Waals surface area contributed by atoms with Crippen LogP contribution < -0.4 is 10.6 Å². The van der Waals surface area contributed by atoms with Crippen molar-refractivity contribution in [2.45, 2.75) is 37.3 Å². The van der Waals surface area contributed by atoms with E-state index in [1.165, 1.54) is 18.2 Å². The Kier molecular flexibility index (Phi) is 8.49. The van der Waals surface area contributed by atoms with E-state index in [4.69, 9.17) is 9.47 Å². The van der Waals surface area contributed by atoms with Gasteiger partial charge in [-0.25, -0.2) is 8.78 Å². The summed E-state index contributed by atoms with van der Waals surface area (Å²) in [6.07, 6.45) is 2.74. The summed E-state index contributed by atoms with van der Waals surface area (Å²) in [5, 5.41) is 6.43. The average Bonchev–Trinajstić information content (AvgIpc) is 3.13. The number of nitrogens with zero attached hydrogens (tertiary/aromatic N) is 1. The first-order chi connectivity index (χ1) is 12.2. The molecule has 1 aromatic rings. The third-order valence-electron chi connectivity index (χ3n) is 4.56. The van der Waals surface area contributed by atoms with Crippen LogP contribution in [0.1, 0.15) is 30.7 Å². The molecular formula is C18H26F2IN3O2. The summed E-state index contributed by atoms with van der Waals surface area (Å²) >= 11 is 0. The van der Waals surface area contributed by atoms with E-state index in [1.807, 2.05) is 0 Å². The predicted octanol–water partition coefficient (Wildman–Crippen LogP) is 2.80. The summed E-state index contributed by atoms with van der Waals surface area (Å²) in [5.41, 5.74) is 0.169. The van der Waals surface area contributed by atoms with Crippen LogP contribution in [0, 0.1) is 11.6 Å². The summed E-state index contributed by atoms with van der Waals surface area (Å²) in [5.74, 6) is -0.463. The zero-order valence-corrected chi connectivity index (χ0v) is 17.2. The molecule has 26 heavy (non-hydrogen) atoms. The van der Waals surface area contributed by atoms with Crippen molar-refractivity contribution in [1.29, 1.82) is 0 Å². The van der Waals surface area contributed by atoms with E-state index in [0.717, 1.165) is 26.0 Å². The largest absolute Gasteiger partial charge is 0.379 e. The molecule has 0 spiro atoms. The fraction of sp³-hybridized carbons (Fsp3) is 0.611. The Labute approximate surface area is 169 Å². The highest BCUT2D eigenvalue weighted by molar-refractivity contribution is 14.0. The summed E-state index contributed by atoms with van der Waals surface area (Å²) in [6, 6.07) is 4.00. The standard InChI is InChI=1S/C18H25F2N3O2.HI/c1-21-18(22-7-3-8-25-12-6-9-24-11-12)23-16-10-13(16)17-14(19)4-2-5-15(17)20;/h2,4-5,12-13,16H,3,6-11H2,1H3,(H2,21,22,23);1H. The topological polar surface area (TPSA) is 54.9 Å². The third-order valence-corrected chi connectivity index (χ3v) is 4.56. The van der Waals surface area contributed by atoms with Gasteiger partial charge >= 0.3 is 0 Å². The Balaban J connectivity index is 0.00000243. The van der Waals surface area contributed by atoms with E-state index >= 15 is 0 Å². The number of benzene rings is 1. The minimum absolute atomic E-state index is 0. The van der Waals surface area contributed by atoms with Gasteiger partial charge in [-0.05, 0) is 31.4 Å². The number of guanidine groups is 1. The molecule has 2 N–H and O–H groups in total. The number of halogens is 3. The van der Waals surface area contributed by atoms with E-state index < -0.39 is 11.6 Å². The Bertz CT molecular complexity index is 592. The molecule has 0 amide bonds. The number of aliphatic imine (C=N–C) groups is 1. The van der Waals surface area contributed by atoms with Gasteiger partial charge in [0.2, 0.25) is 0 Å². The van der Waals surface area contributed by atoms with E-state index in [1.54, 1.807) is 7.05 Å². The molecule has 5 nitrogen and oxygen atoms in total. The van der Waals surface area contributed by atoms with E-state index in [0.29, 0.717) is 25.6 Å². The molecule has 0 bridgehead atoms. The predicted molar refractivity (Wildman–Crippen MR) is 107 cm³/mol. The first kappa shape index (κ1) is 21.3. The zero-order valence-electron chi connectivity index (χ0n) is 14.8. The van der Waals surface area contributed by atoms with E-state index in [9.17, 15) is 8.78 Å². The van der Waals surface area contributed by atoms with Crippen LogP contribution in [0.15, 0.2) is 23.2 Å². The number of ether oxygens (including phenoxy) is 2. The molecule has 2 fully saturated rings. The molecule has 1 saturated carbocycles. The summed E-state index contributed by atoms with van der Waals surface area (Å²) < 4.78 is 38.6. The molecule has 1 aromatic carbocycles. The van der Waals surface area contributed by atoms with Crippen molar-refractivity contribution in [3.63, 3.8) is 0 Å². The highest BCUT2D eigenvalue weighted by atomic mass is 127. The molecule has 1 heterocycles. The van der Waals surface area contributed by atoms with Gasteiger partial charge in [0.15, 0.2) is 5.96 Å². The van der Waals surface area contributed by atoms with Crippen molar-refractivity contribution >= 4 is 29.9 Å². The molecule has 0 radical (unpaired) electrons. The quantitative estimate of drug-likeness (QED) is 0.272. The lowest BCUT2D eigenvalue weighted by atomic mass is 10.1. The summed E-state index contributed by atoms with van der Waals surface area (Å²) in [6.45, 7) is 2.86. The minimum Gasteiger partial charge on any atom is -0.379 e. The minimum atomic E-state index is -0.481. The Morgan fingerprint density at radius 2 is 2.12 bits per heavy atom. The van der Waals surface area contributed by atoms with Gasteiger partial charge in [0, 0.05) is 44.3 Å². The van der Waals surface area contributed by atoms with Gasteiger partial charge in [-0.15, -0.1) is 24.0 Å². The Hall–Kier alpha value is -1.000. The van der Waals surface area contributed by atoms with Crippen molar-refractivity contribution in [2.75, 3.05) is 33.4 Å². The summed E-state index contributed by atoms with van der Waals surface area (Å²) in [4.78, 5) is 4.16. The third kappa shape index (κ3) is 5.75. The van der Waals surface area contributed by atoms with Gasteiger partial charge in [-0.3, -0.25) is 4.99 Å². The molecule has 0 aromatic heterocycles. The Morgan fingerprint density at radius 3 is 2.77 bits per heavy atom. The van der Waals surface area contributed by atoms with Crippen LogP contribution in [0.5, 0.6) is 0 Å². The second kappa shape index (κ2) is 10.4. The molecule has 146 valence electrons. The number of nitrogens with one attached hydrogen (secondary N) is 2. The van der Waals surface area contributed by atoms with Gasteiger partial charge in [0.25, 0.3) is 0 Å². The number of rotatable bonds is 7. The molecule has 2 aliphatic rings. The molecule has 8 heteroatoms. The molecule has 3 atom stereocenters. The fourth-order valence-corrected chi connectivity index (χ4v) is 3.08. The maximum absolute atomic E-state index is 13.8. The van der Waals surface area contributed by atoms with E-state index in [2.05, 4.69) is 15.6 Å². The summed E-state index contributed by atoms with van der Waals surface area (Å²) in [7, 11) is 1.68. The van der Waals surface area contributed by atoms with Crippen molar-refractivity contribution < 1.29 is 18.3 Å². The van der Waals surface area contributed by atoms with Gasteiger partial charge in [0.05, 0.1) is 12.7 Å². The van der Waals surface area contributed by atoms with Crippen molar-refractivity contribution in [3.05, 3.63) is 35.4 Å². The fourth-order valence-electron chi connectivity index (χ4n) is 3.08. The second-order valence-electron chi connectivity index (χ2n) is 6.44. The lowest BCUT2D eigenvalue weighted by Gasteiger charge is -2.13. The SMILES string of the molecule is CN=C(NCCCOC1CCOC1)NC1CC1c1c(F)cccc1F.I. The number of hydrogen-bond acceptors (Lipinski definition) is 3. The normalized spacial score (nSPS) is 24.9. The van der Waals surface area contributed by atoms with Crippen LogP contribution in [0.3, 0.4) is 0 Å². The molecule has 1 aliphatic heterocycles. The van der Waals surface area contributed by atoms with Crippen LogP contribution in [0.25, 0.3) is 0 Å². The maximum atomic E-state index is 13.8. The highest BCUT2D eigenvalue weighted by Crippen LogP contribution is 2.42. The highest BCUT2D eigenvalue weighted by Gasteiger charge is 2.42. The first-order valence-electron chi connectivity index (χ1n) is 8.79. The Morgan fingerprint density at radius 1 is 1.35 bits per heavy atom. The van der Waals surface area contributed by atoms with Crippen LogP contribution in [-0.4, -0.2) is 51.5 Å².